The standard InChI is InChI=1S/C13H19NO/c1-9-4-5-10(8-11(9)15)12(2,3)13(14)6-7-13/h4-5,8,15H,6-7,14H2,1-3H3. The Morgan fingerprint density at radius 3 is 2.40 bits per heavy atom. The number of hydrogen-bond donors (Lipinski definition) is 2. The summed E-state index contributed by atoms with van der Waals surface area (Å²) in [6.07, 6.45) is 2.16. The van der Waals surface area contributed by atoms with Crippen LogP contribution in [0.25, 0.3) is 0 Å². The largest absolute Gasteiger partial charge is 0.508 e. The van der Waals surface area contributed by atoms with Crippen LogP contribution in [-0.4, -0.2) is 10.6 Å². The fourth-order valence-electron chi connectivity index (χ4n) is 2.05. The average molecular weight is 205 g/mol. The molecule has 0 radical (unpaired) electrons. The fourth-order valence-corrected chi connectivity index (χ4v) is 2.05. The van der Waals surface area contributed by atoms with Crippen LogP contribution in [0.1, 0.15) is 37.8 Å². The summed E-state index contributed by atoms with van der Waals surface area (Å²) >= 11 is 0. The van der Waals surface area contributed by atoms with Gasteiger partial charge in [-0.05, 0) is 37.0 Å². The molecule has 0 spiro atoms. The van der Waals surface area contributed by atoms with Crippen molar-refractivity contribution in [3.63, 3.8) is 0 Å². The first kappa shape index (κ1) is 10.5. The number of aromatic hydroxyl groups is 1. The van der Waals surface area contributed by atoms with Gasteiger partial charge in [-0.2, -0.15) is 0 Å². The van der Waals surface area contributed by atoms with Crippen LogP contribution >= 0.6 is 0 Å². The minimum atomic E-state index is -0.0747. The van der Waals surface area contributed by atoms with Gasteiger partial charge in [-0.15, -0.1) is 0 Å². The maximum Gasteiger partial charge on any atom is 0.118 e. The molecule has 3 N–H and O–H groups in total. The van der Waals surface area contributed by atoms with Gasteiger partial charge in [-0.25, -0.2) is 0 Å². The molecule has 0 aliphatic heterocycles. The quantitative estimate of drug-likeness (QED) is 0.779. The van der Waals surface area contributed by atoms with Crippen LogP contribution in [0.5, 0.6) is 5.75 Å². The number of phenols is 1. The molecule has 2 heteroatoms. The third-order valence-corrected chi connectivity index (χ3v) is 3.96. The van der Waals surface area contributed by atoms with Gasteiger partial charge in [0.1, 0.15) is 5.75 Å². The van der Waals surface area contributed by atoms with Crippen molar-refractivity contribution < 1.29 is 5.11 Å². The van der Waals surface area contributed by atoms with Crippen LogP contribution in [0.15, 0.2) is 18.2 Å². The van der Waals surface area contributed by atoms with Crippen molar-refractivity contribution in [1.29, 1.82) is 0 Å². The lowest BCUT2D eigenvalue weighted by Gasteiger charge is -2.32. The van der Waals surface area contributed by atoms with E-state index in [0.717, 1.165) is 24.0 Å². The van der Waals surface area contributed by atoms with Crippen LogP contribution in [0.2, 0.25) is 0 Å². The van der Waals surface area contributed by atoms with Crippen LogP contribution < -0.4 is 5.73 Å². The second-order valence-corrected chi connectivity index (χ2v) is 5.28. The first-order chi connectivity index (χ1) is 6.87. The summed E-state index contributed by atoms with van der Waals surface area (Å²) in [4.78, 5) is 0. The van der Waals surface area contributed by atoms with E-state index in [0.29, 0.717) is 5.75 Å². The average Bonchev–Trinajstić information content (AvgIpc) is 2.90. The molecule has 0 unspecified atom stereocenters. The molecule has 15 heavy (non-hydrogen) atoms. The molecule has 1 saturated carbocycles. The Morgan fingerprint density at radius 2 is 1.93 bits per heavy atom. The van der Waals surface area contributed by atoms with Gasteiger partial charge in [0.2, 0.25) is 0 Å². The highest BCUT2D eigenvalue weighted by atomic mass is 16.3. The van der Waals surface area contributed by atoms with Crippen molar-refractivity contribution in [3.8, 4) is 5.75 Å². The summed E-state index contributed by atoms with van der Waals surface area (Å²) in [5.41, 5.74) is 8.17. The maximum absolute atomic E-state index is 9.71. The first-order valence-electron chi connectivity index (χ1n) is 5.46. The summed E-state index contributed by atoms with van der Waals surface area (Å²) in [6.45, 7) is 6.22. The third-order valence-electron chi connectivity index (χ3n) is 3.96. The number of hydrogen-bond acceptors (Lipinski definition) is 2. The minimum Gasteiger partial charge on any atom is -0.508 e. The monoisotopic (exact) mass is 205 g/mol. The Kier molecular flexibility index (Phi) is 2.09. The molecule has 2 rings (SSSR count). The Bertz CT molecular complexity index is 392. The zero-order valence-electron chi connectivity index (χ0n) is 9.67. The van der Waals surface area contributed by atoms with E-state index in [1.54, 1.807) is 0 Å². The minimum absolute atomic E-state index is 0.0574. The highest BCUT2D eigenvalue weighted by Crippen LogP contribution is 2.49. The molecule has 1 fully saturated rings. The van der Waals surface area contributed by atoms with Gasteiger partial charge in [0.05, 0.1) is 0 Å². The number of nitrogens with two attached hydrogens (primary N) is 1. The highest BCUT2D eigenvalue weighted by molar-refractivity contribution is 5.41. The van der Waals surface area contributed by atoms with E-state index in [-0.39, 0.29) is 11.0 Å². The van der Waals surface area contributed by atoms with Gasteiger partial charge in [0, 0.05) is 11.0 Å². The lowest BCUT2D eigenvalue weighted by atomic mass is 9.76. The molecule has 0 saturated heterocycles. The summed E-state index contributed by atoms with van der Waals surface area (Å²) in [5, 5.41) is 9.71. The van der Waals surface area contributed by atoms with Gasteiger partial charge in [0.25, 0.3) is 0 Å². The Labute approximate surface area is 91.1 Å². The molecule has 1 aromatic carbocycles. The van der Waals surface area contributed by atoms with Gasteiger partial charge >= 0.3 is 0 Å². The predicted octanol–water partition coefficient (Wildman–Crippen LogP) is 2.47. The van der Waals surface area contributed by atoms with Crippen molar-refractivity contribution in [2.75, 3.05) is 0 Å². The summed E-state index contributed by atoms with van der Waals surface area (Å²) < 4.78 is 0. The maximum atomic E-state index is 9.71. The zero-order chi connectivity index (χ0) is 11.3. The van der Waals surface area contributed by atoms with E-state index in [1.807, 2.05) is 19.1 Å². The van der Waals surface area contributed by atoms with Crippen LogP contribution in [0, 0.1) is 6.92 Å². The Hall–Kier alpha value is -1.02. The summed E-state index contributed by atoms with van der Waals surface area (Å²) in [6, 6.07) is 5.88. The van der Waals surface area contributed by atoms with Crippen LogP contribution in [0.4, 0.5) is 0 Å². The van der Waals surface area contributed by atoms with Crippen LogP contribution in [0.3, 0.4) is 0 Å². The third kappa shape index (κ3) is 1.53. The SMILES string of the molecule is Cc1ccc(C(C)(C)C2(N)CC2)cc1O. The van der Waals surface area contributed by atoms with E-state index in [2.05, 4.69) is 19.9 Å². The van der Waals surface area contributed by atoms with E-state index >= 15 is 0 Å². The number of benzene rings is 1. The van der Waals surface area contributed by atoms with E-state index in [1.165, 1.54) is 0 Å². The molecular formula is C13H19NO. The Morgan fingerprint density at radius 1 is 1.33 bits per heavy atom. The molecule has 0 aromatic heterocycles. The Balaban J connectivity index is 2.41. The van der Waals surface area contributed by atoms with E-state index < -0.39 is 0 Å². The van der Waals surface area contributed by atoms with Gasteiger partial charge in [-0.1, -0.05) is 26.0 Å². The molecular weight excluding hydrogens is 186 g/mol. The number of aryl methyl sites for hydroxylation is 1. The normalized spacial score (nSPS) is 18.9. The highest BCUT2D eigenvalue weighted by Gasteiger charge is 2.51. The molecule has 1 aromatic rings. The zero-order valence-corrected chi connectivity index (χ0v) is 9.67. The summed E-state index contributed by atoms with van der Waals surface area (Å²) in [5.74, 6) is 0.366. The fraction of sp³-hybridized carbons (Fsp3) is 0.538. The second-order valence-electron chi connectivity index (χ2n) is 5.28. The molecule has 0 amide bonds. The molecule has 0 atom stereocenters. The van der Waals surface area contributed by atoms with Crippen LogP contribution in [-0.2, 0) is 5.41 Å². The van der Waals surface area contributed by atoms with Gasteiger partial charge < -0.3 is 10.8 Å². The first-order valence-corrected chi connectivity index (χ1v) is 5.46. The molecule has 1 aliphatic carbocycles. The molecule has 82 valence electrons. The smallest absolute Gasteiger partial charge is 0.118 e. The van der Waals surface area contributed by atoms with Gasteiger partial charge in [0.15, 0.2) is 0 Å². The lowest BCUT2D eigenvalue weighted by molar-refractivity contribution is 0.387. The van der Waals surface area contributed by atoms with E-state index in [4.69, 9.17) is 5.73 Å². The van der Waals surface area contributed by atoms with Crippen molar-refractivity contribution >= 4 is 0 Å². The summed E-state index contributed by atoms with van der Waals surface area (Å²) in [7, 11) is 0. The lowest BCUT2D eigenvalue weighted by Crippen LogP contribution is -2.43. The van der Waals surface area contributed by atoms with Crippen molar-refractivity contribution in [3.05, 3.63) is 29.3 Å². The number of phenolic OH excluding ortho intramolecular Hbond substituents is 1. The second kappa shape index (κ2) is 2.99. The molecule has 2 nitrogen and oxygen atoms in total. The molecule has 0 bridgehead atoms. The van der Waals surface area contributed by atoms with Crippen molar-refractivity contribution in [1.82, 2.24) is 0 Å². The van der Waals surface area contributed by atoms with Crippen molar-refractivity contribution in [2.45, 2.75) is 44.6 Å². The molecule has 0 heterocycles. The molecule has 1 aliphatic rings. The van der Waals surface area contributed by atoms with Gasteiger partial charge in [-0.3, -0.25) is 0 Å². The number of rotatable bonds is 2. The predicted molar refractivity (Wildman–Crippen MR) is 62.0 cm³/mol. The van der Waals surface area contributed by atoms with E-state index in [9.17, 15) is 5.11 Å². The van der Waals surface area contributed by atoms with Crippen molar-refractivity contribution in [2.24, 2.45) is 5.73 Å². The topological polar surface area (TPSA) is 46.2 Å².